The maximum absolute atomic E-state index is 13.5. The van der Waals surface area contributed by atoms with Gasteiger partial charge in [-0.05, 0) is 41.5 Å². The quantitative estimate of drug-likeness (QED) is 0.212. The molecular weight excluding hydrogens is 500 g/mol. The van der Waals surface area contributed by atoms with E-state index in [4.69, 9.17) is 5.73 Å². The number of rotatable bonds is 14. The predicted molar refractivity (Wildman–Crippen MR) is 148 cm³/mol. The lowest BCUT2D eigenvalue weighted by atomic mass is 9.96. The number of carbonyl (C=O) groups excluding carboxylic acids is 3. The van der Waals surface area contributed by atoms with Crippen molar-refractivity contribution in [3.63, 3.8) is 0 Å². The SMILES string of the molecule is CCC(C)C(NC(=O)C(N)Cc1ccc(O)cc1)C(=O)NC(Cc1ccccc1)C(=O)NC(C(=O)O)C(C)C. The van der Waals surface area contributed by atoms with Crippen LogP contribution in [0.15, 0.2) is 54.6 Å². The van der Waals surface area contributed by atoms with Crippen LogP contribution in [0.5, 0.6) is 5.75 Å². The Hall–Kier alpha value is -3.92. The van der Waals surface area contributed by atoms with E-state index in [2.05, 4.69) is 16.0 Å². The molecule has 0 spiro atoms. The van der Waals surface area contributed by atoms with E-state index in [0.29, 0.717) is 6.42 Å². The second kappa shape index (κ2) is 14.9. The number of aliphatic carboxylic acids is 1. The number of hydrogen-bond donors (Lipinski definition) is 6. The lowest BCUT2D eigenvalue weighted by Gasteiger charge is -2.28. The topological polar surface area (TPSA) is 171 Å². The van der Waals surface area contributed by atoms with Crippen molar-refractivity contribution in [2.24, 2.45) is 17.6 Å². The summed E-state index contributed by atoms with van der Waals surface area (Å²) < 4.78 is 0. The Morgan fingerprint density at radius 2 is 1.33 bits per heavy atom. The van der Waals surface area contributed by atoms with Crippen LogP contribution < -0.4 is 21.7 Å². The fourth-order valence-corrected chi connectivity index (χ4v) is 4.03. The molecule has 0 fully saturated rings. The van der Waals surface area contributed by atoms with Gasteiger partial charge in [0.2, 0.25) is 17.7 Å². The smallest absolute Gasteiger partial charge is 0.326 e. The molecule has 2 aromatic carbocycles. The molecule has 5 unspecified atom stereocenters. The van der Waals surface area contributed by atoms with Gasteiger partial charge in [0.05, 0.1) is 6.04 Å². The van der Waals surface area contributed by atoms with Gasteiger partial charge in [-0.25, -0.2) is 4.79 Å². The van der Waals surface area contributed by atoms with Gasteiger partial charge in [0, 0.05) is 6.42 Å². The molecule has 2 rings (SSSR count). The molecule has 39 heavy (non-hydrogen) atoms. The number of amides is 3. The van der Waals surface area contributed by atoms with E-state index in [0.717, 1.165) is 11.1 Å². The lowest BCUT2D eigenvalue weighted by molar-refractivity contribution is -0.143. The van der Waals surface area contributed by atoms with Crippen molar-refractivity contribution in [2.75, 3.05) is 0 Å². The summed E-state index contributed by atoms with van der Waals surface area (Å²) in [6.45, 7) is 7.04. The van der Waals surface area contributed by atoms with Crippen LogP contribution in [0.25, 0.3) is 0 Å². The average molecular weight is 541 g/mol. The molecular formula is C29H40N4O6. The average Bonchev–Trinajstić information content (AvgIpc) is 2.90. The number of hydrogen-bond acceptors (Lipinski definition) is 6. The fraction of sp³-hybridized carbons (Fsp3) is 0.448. The maximum atomic E-state index is 13.5. The summed E-state index contributed by atoms with van der Waals surface area (Å²) in [5, 5.41) is 27.0. The number of carboxylic acid groups (broad SMARTS) is 1. The van der Waals surface area contributed by atoms with Gasteiger partial charge >= 0.3 is 5.97 Å². The summed E-state index contributed by atoms with van der Waals surface area (Å²) in [4.78, 5) is 51.3. The van der Waals surface area contributed by atoms with Crippen LogP contribution in [0, 0.1) is 11.8 Å². The van der Waals surface area contributed by atoms with Gasteiger partial charge in [0.25, 0.3) is 0 Å². The van der Waals surface area contributed by atoms with Crippen LogP contribution in [0.1, 0.15) is 45.2 Å². The molecule has 0 aliphatic heterocycles. The van der Waals surface area contributed by atoms with Crippen molar-refractivity contribution in [3.8, 4) is 5.75 Å². The van der Waals surface area contributed by atoms with Crippen LogP contribution in [-0.4, -0.2) is 58.1 Å². The summed E-state index contributed by atoms with van der Waals surface area (Å²) in [6.07, 6.45) is 0.895. The van der Waals surface area contributed by atoms with E-state index in [1.807, 2.05) is 19.9 Å². The summed E-state index contributed by atoms with van der Waals surface area (Å²) in [7, 11) is 0. The zero-order chi connectivity index (χ0) is 29.1. The first-order chi connectivity index (χ1) is 18.4. The van der Waals surface area contributed by atoms with Crippen LogP contribution in [0.4, 0.5) is 0 Å². The van der Waals surface area contributed by atoms with E-state index in [1.54, 1.807) is 50.2 Å². The Balaban J connectivity index is 2.21. The van der Waals surface area contributed by atoms with E-state index in [1.165, 1.54) is 12.1 Å². The predicted octanol–water partition coefficient (Wildman–Crippen LogP) is 1.75. The molecule has 3 amide bonds. The molecule has 0 aliphatic rings. The van der Waals surface area contributed by atoms with Crippen molar-refractivity contribution in [1.29, 1.82) is 0 Å². The summed E-state index contributed by atoms with van der Waals surface area (Å²) in [5.41, 5.74) is 7.63. The third kappa shape index (κ3) is 9.72. The molecule has 2 aromatic rings. The normalized spacial score (nSPS) is 14.9. The van der Waals surface area contributed by atoms with Gasteiger partial charge in [-0.2, -0.15) is 0 Å². The number of benzene rings is 2. The highest BCUT2D eigenvalue weighted by molar-refractivity contribution is 5.94. The van der Waals surface area contributed by atoms with Crippen LogP contribution >= 0.6 is 0 Å². The Labute approximate surface area is 229 Å². The minimum absolute atomic E-state index is 0.0995. The highest BCUT2D eigenvalue weighted by atomic mass is 16.4. The molecule has 0 heterocycles. The molecule has 0 aliphatic carbocycles. The highest BCUT2D eigenvalue weighted by Gasteiger charge is 2.33. The van der Waals surface area contributed by atoms with Gasteiger partial charge in [-0.15, -0.1) is 0 Å². The molecule has 0 aromatic heterocycles. The minimum Gasteiger partial charge on any atom is -0.508 e. The lowest BCUT2D eigenvalue weighted by Crippen LogP contribution is -2.59. The van der Waals surface area contributed by atoms with Crippen molar-refractivity contribution in [1.82, 2.24) is 16.0 Å². The zero-order valence-electron chi connectivity index (χ0n) is 22.9. The second-order valence-electron chi connectivity index (χ2n) is 10.2. The molecule has 5 atom stereocenters. The number of phenolic OH excluding ortho intramolecular Hbond substituents is 1. The summed E-state index contributed by atoms with van der Waals surface area (Å²) in [6, 6.07) is 11.3. The van der Waals surface area contributed by atoms with E-state index in [-0.39, 0.29) is 30.4 Å². The van der Waals surface area contributed by atoms with Crippen molar-refractivity contribution in [2.45, 2.75) is 71.1 Å². The number of carboxylic acids is 1. The zero-order valence-corrected chi connectivity index (χ0v) is 22.9. The Morgan fingerprint density at radius 1 is 0.769 bits per heavy atom. The maximum Gasteiger partial charge on any atom is 0.326 e. The first-order valence-corrected chi connectivity index (χ1v) is 13.1. The molecule has 7 N–H and O–H groups in total. The first kappa shape index (κ1) is 31.3. The minimum atomic E-state index is -1.17. The van der Waals surface area contributed by atoms with Crippen molar-refractivity contribution in [3.05, 3.63) is 65.7 Å². The highest BCUT2D eigenvalue weighted by Crippen LogP contribution is 2.13. The Kier molecular flexibility index (Phi) is 11.9. The van der Waals surface area contributed by atoms with Gasteiger partial charge in [0.15, 0.2) is 0 Å². The van der Waals surface area contributed by atoms with Gasteiger partial charge in [-0.1, -0.05) is 76.6 Å². The summed E-state index contributed by atoms with van der Waals surface area (Å²) >= 11 is 0. The number of aromatic hydroxyl groups is 1. The molecule has 10 heteroatoms. The first-order valence-electron chi connectivity index (χ1n) is 13.1. The monoisotopic (exact) mass is 540 g/mol. The van der Waals surface area contributed by atoms with Crippen molar-refractivity contribution >= 4 is 23.7 Å². The molecule has 10 nitrogen and oxygen atoms in total. The second-order valence-corrected chi connectivity index (χ2v) is 10.2. The number of nitrogens with two attached hydrogens (primary N) is 1. The van der Waals surface area contributed by atoms with Gasteiger partial charge < -0.3 is 31.9 Å². The number of nitrogens with one attached hydrogen (secondary N) is 3. The molecule has 212 valence electrons. The largest absolute Gasteiger partial charge is 0.508 e. The van der Waals surface area contributed by atoms with Crippen LogP contribution in [0.2, 0.25) is 0 Å². The third-order valence-electron chi connectivity index (χ3n) is 6.67. The van der Waals surface area contributed by atoms with Gasteiger partial charge in [0.1, 0.15) is 23.9 Å². The van der Waals surface area contributed by atoms with Crippen LogP contribution in [0.3, 0.4) is 0 Å². The summed E-state index contributed by atoms with van der Waals surface area (Å²) in [5.74, 6) is -3.45. The third-order valence-corrected chi connectivity index (χ3v) is 6.67. The van der Waals surface area contributed by atoms with Gasteiger partial charge in [-0.3, -0.25) is 14.4 Å². The molecule has 0 radical (unpaired) electrons. The van der Waals surface area contributed by atoms with E-state index < -0.39 is 47.9 Å². The van der Waals surface area contributed by atoms with Crippen LogP contribution in [-0.2, 0) is 32.0 Å². The molecule has 0 bridgehead atoms. The number of phenols is 1. The standard InChI is InChI=1S/C29H40N4O6/c1-5-18(4)25(33-26(35)22(30)15-20-11-13-21(34)14-12-20)28(37)31-23(16-19-9-7-6-8-10-19)27(36)32-24(17(2)3)29(38)39/h6-14,17-18,22-25,34H,5,15-16,30H2,1-4H3,(H,31,37)(H,32,36)(H,33,35)(H,38,39). The van der Waals surface area contributed by atoms with E-state index in [9.17, 15) is 29.4 Å². The Morgan fingerprint density at radius 3 is 1.87 bits per heavy atom. The molecule has 0 saturated carbocycles. The molecule has 0 saturated heterocycles. The fourth-order valence-electron chi connectivity index (χ4n) is 4.03. The van der Waals surface area contributed by atoms with Crippen molar-refractivity contribution < 1.29 is 29.4 Å². The Bertz CT molecular complexity index is 1110. The van der Waals surface area contributed by atoms with E-state index >= 15 is 0 Å². The number of carbonyl (C=O) groups is 4.